The third-order valence-electron chi connectivity index (χ3n) is 9.13. The third kappa shape index (κ3) is 2.84. The average molecular weight is 411 g/mol. The summed E-state index contributed by atoms with van der Waals surface area (Å²) < 4.78 is 14.1. The highest BCUT2D eigenvalue weighted by Crippen LogP contribution is 2.65. The molecule has 1 heterocycles. The smallest absolute Gasteiger partial charge is 0.243 e. The lowest BCUT2D eigenvalue weighted by Gasteiger charge is -2.58. The molecular formula is C25H31FN2O2. The average Bonchev–Trinajstić information content (AvgIpc) is 3.07. The van der Waals surface area contributed by atoms with Gasteiger partial charge in [-0.1, -0.05) is 32.1 Å². The summed E-state index contributed by atoms with van der Waals surface area (Å²) in [5.74, 6) is 1.17. The SMILES string of the molecule is C[C@]12C=CC(=O)N[C@@H]1CC[C@@H]1[C@@H]2CC[C@]2(C)[C@@H](C(=O)Nc3ccccc3F)CC[C@@H]12. The molecule has 0 bridgehead atoms. The molecule has 7 atom stereocenters. The molecule has 5 rings (SSSR count). The Kier molecular flexibility index (Phi) is 4.57. The van der Waals surface area contributed by atoms with Crippen LogP contribution in [0.5, 0.6) is 0 Å². The van der Waals surface area contributed by atoms with E-state index in [9.17, 15) is 14.0 Å². The Morgan fingerprint density at radius 2 is 1.90 bits per heavy atom. The molecule has 2 N–H and O–H groups in total. The van der Waals surface area contributed by atoms with E-state index in [1.807, 2.05) is 0 Å². The van der Waals surface area contributed by atoms with E-state index in [1.165, 1.54) is 6.07 Å². The maximum Gasteiger partial charge on any atom is 0.243 e. The highest BCUT2D eigenvalue weighted by atomic mass is 19.1. The van der Waals surface area contributed by atoms with Gasteiger partial charge in [0.25, 0.3) is 0 Å². The molecule has 4 nitrogen and oxygen atoms in total. The summed E-state index contributed by atoms with van der Waals surface area (Å²) in [6.45, 7) is 4.60. The zero-order valence-corrected chi connectivity index (χ0v) is 17.8. The van der Waals surface area contributed by atoms with Crippen molar-refractivity contribution < 1.29 is 14.0 Å². The molecule has 4 aliphatic rings. The molecule has 2 amide bonds. The first-order valence-electron chi connectivity index (χ1n) is 11.4. The van der Waals surface area contributed by atoms with Crippen LogP contribution < -0.4 is 10.6 Å². The summed E-state index contributed by atoms with van der Waals surface area (Å²) in [6.07, 6.45) is 10.0. The van der Waals surface area contributed by atoms with Gasteiger partial charge in [-0.15, -0.1) is 0 Å². The van der Waals surface area contributed by atoms with Crippen LogP contribution in [0.1, 0.15) is 52.4 Å². The first kappa shape index (κ1) is 19.8. The largest absolute Gasteiger partial charge is 0.349 e. The van der Waals surface area contributed by atoms with Gasteiger partial charge in [0.05, 0.1) is 5.69 Å². The molecule has 3 aliphatic carbocycles. The van der Waals surface area contributed by atoms with Crippen molar-refractivity contribution in [3.63, 3.8) is 0 Å². The molecule has 1 aromatic carbocycles. The zero-order chi connectivity index (χ0) is 21.1. The molecule has 0 unspecified atom stereocenters. The number of fused-ring (bicyclic) bond motifs is 5. The molecule has 30 heavy (non-hydrogen) atoms. The minimum Gasteiger partial charge on any atom is -0.349 e. The summed E-state index contributed by atoms with van der Waals surface area (Å²) >= 11 is 0. The van der Waals surface area contributed by atoms with Gasteiger partial charge < -0.3 is 10.6 Å². The fourth-order valence-corrected chi connectivity index (χ4v) is 7.55. The summed E-state index contributed by atoms with van der Waals surface area (Å²) in [4.78, 5) is 25.1. The fraction of sp³-hybridized carbons (Fsp3) is 0.600. The Morgan fingerprint density at radius 1 is 1.10 bits per heavy atom. The Balaban J connectivity index is 1.38. The van der Waals surface area contributed by atoms with E-state index in [0.29, 0.717) is 17.8 Å². The van der Waals surface area contributed by atoms with E-state index >= 15 is 0 Å². The topological polar surface area (TPSA) is 58.2 Å². The normalized spacial score (nSPS) is 42.0. The minimum absolute atomic E-state index is 0.00562. The van der Waals surface area contributed by atoms with Crippen LogP contribution in [0, 0.1) is 40.3 Å². The van der Waals surface area contributed by atoms with E-state index < -0.39 is 0 Å². The predicted octanol–water partition coefficient (Wildman–Crippen LogP) is 4.68. The molecule has 0 aromatic heterocycles. The summed E-state index contributed by atoms with van der Waals surface area (Å²) in [7, 11) is 0. The van der Waals surface area contributed by atoms with E-state index in [1.54, 1.807) is 24.3 Å². The van der Waals surface area contributed by atoms with Crippen LogP contribution in [0.15, 0.2) is 36.4 Å². The highest BCUT2D eigenvalue weighted by molar-refractivity contribution is 5.93. The second-order valence-electron chi connectivity index (χ2n) is 10.4. The third-order valence-corrected chi connectivity index (χ3v) is 9.13. The molecule has 0 saturated heterocycles. The van der Waals surface area contributed by atoms with Crippen LogP contribution in [0.25, 0.3) is 0 Å². The number of halogens is 1. The van der Waals surface area contributed by atoms with Crippen molar-refractivity contribution >= 4 is 17.5 Å². The monoisotopic (exact) mass is 410 g/mol. The fourth-order valence-electron chi connectivity index (χ4n) is 7.55. The molecule has 0 spiro atoms. The number of rotatable bonds is 2. The van der Waals surface area contributed by atoms with Crippen molar-refractivity contribution in [3.8, 4) is 0 Å². The van der Waals surface area contributed by atoms with E-state index in [0.717, 1.165) is 38.5 Å². The number of nitrogens with one attached hydrogen (secondary N) is 2. The number of carbonyl (C=O) groups excluding carboxylic acids is 2. The van der Waals surface area contributed by atoms with Crippen LogP contribution in [-0.4, -0.2) is 17.9 Å². The van der Waals surface area contributed by atoms with Crippen molar-refractivity contribution in [1.29, 1.82) is 0 Å². The first-order chi connectivity index (χ1) is 14.3. The van der Waals surface area contributed by atoms with Gasteiger partial charge in [-0.05, 0) is 79.9 Å². The van der Waals surface area contributed by atoms with Gasteiger partial charge in [-0.2, -0.15) is 0 Å². The number of hydrogen-bond acceptors (Lipinski definition) is 2. The maximum atomic E-state index is 14.1. The van der Waals surface area contributed by atoms with Crippen molar-refractivity contribution in [1.82, 2.24) is 5.32 Å². The summed E-state index contributed by atoms with van der Waals surface area (Å²) in [5.41, 5.74) is 0.242. The molecule has 3 fully saturated rings. The van der Waals surface area contributed by atoms with Gasteiger partial charge in [0, 0.05) is 17.4 Å². The van der Waals surface area contributed by atoms with Crippen LogP contribution in [0.4, 0.5) is 10.1 Å². The lowest BCUT2D eigenvalue weighted by Crippen LogP contribution is -2.59. The quantitative estimate of drug-likeness (QED) is 0.744. The maximum absolute atomic E-state index is 14.1. The molecule has 0 radical (unpaired) electrons. The van der Waals surface area contributed by atoms with Gasteiger partial charge in [0.1, 0.15) is 5.82 Å². The second kappa shape index (κ2) is 6.93. The van der Waals surface area contributed by atoms with Crippen LogP contribution in [-0.2, 0) is 9.59 Å². The zero-order valence-electron chi connectivity index (χ0n) is 17.8. The highest BCUT2D eigenvalue weighted by Gasteiger charge is 2.60. The Hall–Kier alpha value is -2.17. The van der Waals surface area contributed by atoms with E-state index in [4.69, 9.17) is 0 Å². The van der Waals surface area contributed by atoms with Crippen molar-refractivity contribution in [2.45, 2.75) is 58.4 Å². The number of hydrogen-bond donors (Lipinski definition) is 2. The Morgan fingerprint density at radius 3 is 2.70 bits per heavy atom. The minimum atomic E-state index is -0.383. The standard InChI is InChI=1S/C25H31FN2O2/c1-24-13-11-17-15(7-10-21-25(17,2)14-12-22(29)28-21)16(24)8-9-18(24)23(30)27-20-6-4-3-5-19(20)26/h3-6,12,14-18,21H,7-11,13H2,1-2H3,(H,27,30)(H,28,29)/t15-,16-,17-,18+,21+,24-,25+/m0/s1. The Labute approximate surface area is 177 Å². The van der Waals surface area contributed by atoms with Gasteiger partial charge in [-0.3, -0.25) is 9.59 Å². The van der Waals surface area contributed by atoms with Crippen molar-refractivity contribution in [3.05, 3.63) is 42.2 Å². The van der Waals surface area contributed by atoms with Gasteiger partial charge >= 0.3 is 0 Å². The second-order valence-corrected chi connectivity index (χ2v) is 10.4. The molecular weight excluding hydrogens is 379 g/mol. The van der Waals surface area contributed by atoms with Crippen molar-refractivity contribution in [2.75, 3.05) is 5.32 Å². The Bertz CT molecular complexity index is 914. The predicted molar refractivity (Wildman–Crippen MR) is 114 cm³/mol. The summed E-state index contributed by atoms with van der Waals surface area (Å²) in [6, 6.07) is 6.62. The van der Waals surface area contributed by atoms with Gasteiger partial charge in [0.15, 0.2) is 0 Å². The van der Waals surface area contributed by atoms with Gasteiger partial charge in [0.2, 0.25) is 11.8 Å². The number of benzene rings is 1. The molecule has 160 valence electrons. The van der Waals surface area contributed by atoms with Gasteiger partial charge in [-0.25, -0.2) is 4.39 Å². The number of amides is 2. The number of para-hydroxylation sites is 1. The lowest BCUT2D eigenvalue weighted by molar-refractivity contribution is -0.129. The molecule has 3 saturated carbocycles. The van der Waals surface area contributed by atoms with Crippen LogP contribution >= 0.6 is 0 Å². The van der Waals surface area contributed by atoms with E-state index in [2.05, 4.69) is 30.6 Å². The van der Waals surface area contributed by atoms with Crippen LogP contribution in [0.2, 0.25) is 0 Å². The van der Waals surface area contributed by atoms with E-state index in [-0.39, 0.29) is 46.1 Å². The van der Waals surface area contributed by atoms with Crippen LogP contribution in [0.3, 0.4) is 0 Å². The molecule has 5 heteroatoms. The number of anilines is 1. The first-order valence-corrected chi connectivity index (χ1v) is 11.4. The molecule has 1 aliphatic heterocycles. The number of carbonyl (C=O) groups is 2. The lowest BCUT2D eigenvalue weighted by atomic mass is 9.48. The molecule has 1 aromatic rings. The summed E-state index contributed by atoms with van der Waals surface area (Å²) in [5, 5.41) is 6.06. The van der Waals surface area contributed by atoms with Crippen molar-refractivity contribution in [2.24, 2.45) is 34.5 Å².